The Kier molecular flexibility index (Phi) is 5.64. The molecule has 1 aromatic heterocycles. The molecule has 1 saturated heterocycles. The minimum Gasteiger partial charge on any atom is -0.377 e. The molecule has 2 N–H and O–H groups in total. The lowest BCUT2D eigenvalue weighted by Gasteiger charge is -2.22. The number of piperidine rings is 1. The largest absolute Gasteiger partial charge is 0.377 e. The van der Waals surface area contributed by atoms with Gasteiger partial charge < -0.3 is 10.1 Å². The highest BCUT2D eigenvalue weighted by molar-refractivity contribution is 7.89. The van der Waals surface area contributed by atoms with Crippen LogP contribution in [-0.2, 0) is 14.8 Å². The van der Waals surface area contributed by atoms with Gasteiger partial charge in [0, 0.05) is 12.7 Å². The average molecular weight is 310 g/mol. The number of nitrogens with zero attached hydrogens (tertiary/aromatic N) is 2. The molecule has 8 heteroatoms. The normalized spacial score (nSPS) is 16.5. The molecule has 0 amide bonds. The monoisotopic (exact) mass is 310 g/mol. The van der Waals surface area contributed by atoms with Gasteiger partial charge in [-0.25, -0.2) is 18.1 Å². The summed E-state index contributed by atoms with van der Waals surface area (Å²) in [7, 11) is -3.60. The number of nitrogens with one attached hydrogen (secondary N) is 2. The van der Waals surface area contributed by atoms with E-state index in [0.717, 1.165) is 25.9 Å². The van der Waals surface area contributed by atoms with Crippen molar-refractivity contribution in [2.24, 2.45) is 0 Å². The van der Waals surface area contributed by atoms with Crippen LogP contribution in [0.4, 0.5) is 0 Å². The first kappa shape index (κ1) is 15.9. The fourth-order valence-electron chi connectivity index (χ4n) is 2.05. The molecule has 2 heterocycles. The van der Waals surface area contributed by atoms with Crippen molar-refractivity contribution in [2.75, 3.05) is 26.2 Å². The highest BCUT2D eigenvalue weighted by atomic mass is 32.2. The molecule has 21 heavy (non-hydrogen) atoms. The number of hydrogen-bond donors (Lipinski definition) is 2. The zero-order chi connectivity index (χ0) is 15.1. The van der Waals surface area contributed by atoms with Crippen LogP contribution in [0, 0.1) is 11.3 Å². The maximum Gasteiger partial charge on any atom is 0.242 e. The van der Waals surface area contributed by atoms with Crippen molar-refractivity contribution in [1.82, 2.24) is 15.0 Å². The molecule has 0 unspecified atom stereocenters. The highest BCUT2D eigenvalue weighted by Crippen LogP contribution is 2.08. The van der Waals surface area contributed by atoms with Crippen LogP contribution in [0.25, 0.3) is 0 Å². The summed E-state index contributed by atoms with van der Waals surface area (Å²) in [5, 5.41) is 11.9. The van der Waals surface area contributed by atoms with E-state index in [2.05, 4.69) is 15.0 Å². The molecule has 0 spiro atoms. The van der Waals surface area contributed by atoms with Crippen LogP contribution in [-0.4, -0.2) is 45.7 Å². The maximum atomic E-state index is 12.0. The lowest BCUT2D eigenvalue weighted by molar-refractivity contribution is 0.0367. The van der Waals surface area contributed by atoms with E-state index < -0.39 is 10.0 Å². The molecular formula is C13H18N4O3S. The van der Waals surface area contributed by atoms with Crippen LogP contribution < -0.4 is 10.0 Å². The van der Waals surface area contributed by atoms with Crippen LogP contribution in [0.5, 0.6) is 0 Å². The second kappa shape index (κ2) is 7.47. The molecule has 0 radical (unpaired) electrons. The number of nitriles is 1. The standard InChI is InChI=1S/C13H18N4O3S/c14-9-11-1-2-13(10-16-11)21(18,19)17-7-8-20-12-3-5-15-6-4-12/h1-2,10,12,15,17H,3-8H2. The van der Waals surface area contributed by atoms with E-state index in [1.54, 1.807) is 0 Å². The van der Waals surface area contributed by atoms with Gasteiger partial charge in [0.15, 0.2) is 0 Å². The van der Waals surface area contributed by atoms with Gasteiger partial charge in [-0.1, -0.05) is 0 Å². The van der Waals surface area contributed by atoms with Gasteiger partial charge in [-0.05, 0) is 38.1 Å². The Balaban J connectivity index is 1.79. The van der Waals surface area contributed by atoms with Crippen LogP contribution in [0.1, 0.15) is 18.5 Å². The number of aromatic nitrogens is 1. The van der Waals surface area contributed by atoms with Gasteiger partial charge >= 0.3 is 0 Å². The number of hydrogen-bond acceptors (Lipinski definition) is 6. The van der Waals surface area contributed by atoms with Gasteiger partial charge in [0.25, 0.3) is 0 Å². The van der Waals surface area contributed by atoms with E-state index in [1.807, 2.05) is 6.07 Å². The Morgan fingerprint density at radius 1 is 1.43 bits per heavy atom. The maximum absolute atomic E-state index is 12.0. The minimum absolute atomic E-state index is 0.0448. The summed E-state index contributed by atoms with van der Waals surface area (Å²) in [5.41, 5.74) is 0.184. The Bertz CT molecular complexity index is 589. The number of rotatable bonds is 6. The van der Waals surface area contributed by atoms with Crippen LogP contribution >= 0.6 is 0 Å². The van der Waals surface area contributed by atoms with E-state index in [0.29, 0.717) is 6.61 Å². The van der Waals surface area contributed by atoms with E-state index in [-0.39, 0.29) is 23.2 Å². The summed E-state index contributed by atoms with van der Waals surface area (Å²) < 4.78 is 32.1. The lowest BCUT2D eigenvalue weighted by atomic mass is 10.1. The van der Waals surface area contributed by atoms with Crippen molar-refractivity contribution in [2.45, 2.75) is 23.8 Å². The van der Waals surface area contributed by atoms with Crippen molar-refractivity contribution in [3.05, 3.63) is 24.0 Å². The van der Waals surface area contributed by atoms with Crippen molar-refractivity contribution in [3.8, 4) is 6.07 Å². The molecule has 0 aliphatic carbocycles. The smallest absolute Gasteiger partial charge is 0.242 e. The first-order valence-corrected chi connectivity index (χ1v) is 8.28. The predicted molar refractivity (Wildman–Crippen MR) is 76.0 cm³/mol. The number of pyridine rings is 1. The van der Waals surface area contributed by atoms with E-state index in [1.165, 1.54) is 18.3 Å². The fraction of sp³-hybridized carbons (Fsp3) is 0.538. The summed E-state index contributed by atoms with van der Waals surface area (Å²) in [5.74, 6) is 0. The third-order valence-electron chi connectivity index (χ3n) is 3.20. The molecule has 1 fully saturated rings. The molecule has 114 valence electrons. The summed E-state index contributed by atoms with van der Waals surface area (Å²) in [6.45, 7) is 2.43. The van der Waals surface area contributed by atoms with Crippen molar-refractivity contribution in [1.29, 1.82) is 5.26 Å². The fourth-order valence-corrected chi connectivity index (χ4v) is 3.01. The first-order valence-electron chi connectivity index (χ1n) is 6.80. The van der Waals surface area contributed by atoms with Crippen molar-refractivity contribution >= 4 is 10.0 Å². The Hall–Kier alpha value is -1.53. The zero-order valence-corrected chi connectivity index (χ0v) is 12.4. The van der Waals surface area contributed by atoms with Crippen LogP contribution in [0.15, 0.2) is 23.2 Å². The van der Waals surface area contributed by atoms with Crippen molar-refractivity contribution < 1.29 is 13.2 Å². The van der Waals surface area contributed by atoms with E-state index in [9.17, 15) is 8.42 Å². The third kappa shape index (κ3) is 4.75. The Labute approximate surface area is 124 Å². The lowest BCUT2D eigenvalue weighted by Crippen LogP contribution is -2.34. The zero-order valence-electron chi connectivity index (χ0n) is 11.6. The SMILES string of the molecule is N#Cc1ccc(S(=O)(=O)NCCOC2CCNCC2)cn1. The van der Waals surface area contributed by atoms with E-state index >= 15 is 0 Å². The van der Waals surface area contributed by atoms with Gasteiger partial charge in [-0.2, -0.15) is 5.26 Å². The molecule has 0 atom stereocenters. The predicted octanol–water partition coefficient (Wildman–Crippen LogP) is 0.000180. The van der Waals surface area contributed by atoms with Crippen LogP contribution in [0.2, 0.25) is 0 Å². The molecule has 1 aliphatic heterocycles. The second-order valence-electron chi connectivity index (χ2n) is 4.71. The first-order chi connectivity index (χ1) is 10.1. The van der Waals surface area contributed by atoms with Gasteiger partial charge in [0.2, 0.25) is 10.0 Å². The quantitative estimate of drug-likeness (QED) is 0.717. The molecule has 1 aromatic rings. The van der Waals surface area contributed by atoms with Gasteiger partial charge in [0.05, 0.1) is 12.7 Å². The van der Waals surface area contributed by atoms with Crippen LogP contribution in [0.3, 0.4) is 0 Å². The summed E-state index contributed by atoms with van der Waals surface area (Å²) in [4.78, 5) is 3.79. The number of sulfonamides is 1. The van der Waals surface area contributed by atoms with Gasteiger partial charge in [0.1, 0.15) is 16.7 Å². The molecule has 2 rings (SSSR count). The Morgan fingerprint density at radius 3 is 2.81 bits per heavy atom. The molecule has 0 bridgehead atoms. The highest BCUT2D eigenvalue weighted by Gasteiger charge is 2.16. The summed E-state index contributed by atoms with van der Waals surface area (Å²) in [6, 6.07) is 4.58. The number of ether oxygens (including phenoxy) is 1. The summed E-state index contributed by atoms with van der Waals surface area (Å²) in [6.07, 6.45) is 3.28. The minimum atomic E-state index is -3.60. The van der Waals surface area contributed by atoms with Crippen molar-refractivity contribution in [3.63, 3.8) is 0 Å². The molecule has 1 aliphatic rings. The Morgan fingerprint density at radius 2 is 2.19 bits per heavy atom. The van der Waals surface area contributed by atoms with E-state index in [4.69, 9.17) is 10.00 Å². The molecule has 0 aromatic carbocycles. The average Bonchev–Trinajstić information content (AvgIpc) is 2.53. The van der Waals surface area contributed by atoms with Gasteiger partial charge in [-0.3, -0.25) is 0 Å². The second-order valence-corrected chi connectivity index (χ2v) is 6.48. The molecule has 0 saturated carbocycles. The topological polar surface area (TPSA) is 104 Å². The summed E-state index contributed by atoms with van der Waals surface area (Å²) >= 11 is 0. The van der Waals surface area contributed by atoms with Gasteiger partial charge in [-0.15, -0.1) is 0 Å². The molecular weight excluding hydrogens is 292 g/mol. The molecule has 7 nitrogen and oxygen atoms in total. The third-order valence-corrected chi connectivity index (χ3v) is 4.64.